The van der Waals surface area contributed by atoms with E-state index in [1.165, 1.54) is 0 Å². The molecule has 5 heteroatoms. The zero-order valence-electron chi connectivity index (χ0n) is 11.7. The molecule has 1 amide bonds. The number of hydrogen-bond donors (Lipinski definition) is 2. The first-order valence-corrected chi connectivity index (χ1v) is 8.00. The van der Waals surface area contributed by atoms with Gasteiger partial charge in [0.25, 0.3) is 0 Å². The van der Waals surface area contributed by atoms with Crippen LogP contribution in [0.15, 0.2) is 24.3 Å². The van der Waals surface area contributed by atoms with Crippen LogP contribution in [-0.2, 0) is 16.0 Å². The summed E-state index contributed by atoms with van der Waals surface area (Å²) < 4.78 is 0. The molecule has 0 aromatic heterocycles. The normalized spacial score (nSPS) is 28.5. The Labute approximate surface area is 129 Å². The second-order valence-electron chi connectivity index (χ2n) is 5.83. The highest BCUT2D eigenvalue weighted by molar-refractivity contribution is 7.80. The molecular formula is C16H19NO3S. The SMILES string of the molecule is O=C(O)[C@@H]1CCCC2c3ccccc3CC(CS)C(=O)N21. The molecule has 2 aliphatic rings. The van der Waals surface area contributed by atoms with Crippen molar-refractivity contribution in [1.82, 2.24) is 4.90 Å². The fourth-order valence-corrected chi connectivity index (χ4v) is 3.89. The highest BCUT2D eigenvalue weighted by Crippen LogP contribution is 2.40. The smallest absolute Gasteiger partial charge is 0.326 e. The summed E-state index contributed by atoms with van der Waals surface area (Å²) in [7, 11) is 0. The summed E-state index contributed by atoms with van der Waals surface area (Å²) in [5, 5.41) is 9.48. The molecule has 3 atom stereocenters. The van der Waals surface area contributed by atoms with Gasteiger partial charge in [-0.05, 0) is 36.8 Å². The van der Waals surface area contributed by atoms with Crippen molar-refractivity contribution in [1.29, 1.82) is 0 Å². The van der Waals surface area contributed by atoms with Gasteiger partial charge in [0.2, 0.25) is 5.91 Å². The number of fused-ring (bicyclic) bond motifs is 3. The molecule has 4 nitrogen and oxygen atoms in total. The maximum absolute atomic E-state index is 12.8. The second kappa shape index (κ2) is 5.72. The van der Waals surface area contributed by atoms with Crippen LogP contribution >= 0.6 is 12.6 Å². The van der Waals surface area contributed by atoms with Gasteiger partial charge in [-0.25, -0.2) is 4.79 Å². The van der Waals surface area contributed by atoms with Crippen molar-refractivity contribution < 1.29 is 14.7 Å². The molecule has 0 saturated carbocycles. The third-order valence-corrected chi connectivity index (χ3v) is 5.06. The molecule has 21 heavy (non-hydrogen) atoms. The van der Waals surface area contributed by atoms with Gasteiger partial charge in [-0.3, -0.25) is 4.79 Å². The number of aliphatic carboxylic acids is 1. The largest absolute Gasteiger partial charge is 0.480 e. The van der Waals surface area contributed by atoms with E-state index in [0.717, 1.165) is 24.0 Å². The number of thiol groups is 1. The third kappa shape index (κ3) is 2.44. The van der Waals surface area contributed by atoms with E-state index in [1.54, 1.807) is 4.90 Å². The highest BCUT2D eigenvalue weighted by Gasteiger charge is 2.43. The summed E-state index contributed by atoms with van der Waals surface area (Å²) in [5.74, 6) is -0.744. The number of amides is 1. The van der Waals surface area contributed by atoms with Gasteiger partial charge >= 0.3 is 5.97 Å². The number of hydrogen-bond acceptors (Lipinski definition) is 3. The first-order valence-electron chi connectivity index (χ1n) is 7.37. The summed E-state index contributed by atoms with van der Waals surface area (Å²) in [4.78, 5) is 26.0. The minimum atomic E-state index is -0.898. The van der Waals surface area contributed by atoms with Gasteiger partial charge in [-0.2, -0.15) is 12.6 Å². The minimum Gasteiger partial charge on any atom is -0.480 e. The summed E-state index contributed by atoms with van der Waals surface area (Å²) in [6.07, 6.45) is 2.87. The average Bonchev–Trinajstić information content (AvgIpc) is 2.62. The van der Waals surface area contributed by atoms with Crippen LogP contribution in [0.4, 0.5) is 0 Å². The van der Waals surface area contributed by atoms with Crippen LogP contribution in [0.25, 0.3) is 0 Å². The molecule has 0 spiro atoms. The van der Waals surface area contributed by atoms with Crippen molar-refractivity contribution in [3.05, 3.63) is 35.4 Å². The van der Waals surface area contributed by atoms with Gasteiger partial charge in [0, 0.05) is 5.75 Å². The number of benzene rings is 1. The summed E-state index contributed by atoms with van der Waals surface area (Å²) >= 11 is 4.31. The minimum absolute atomic E-state index is 0.0571. The van der Waals surface area contributed by atoms with Gasteiger partial charge in [0.05, 0.1) is 12.0 Å². The van der Waals surface area contributed by atoms with Gasteiger partial charge < -0.3 is 10.0 Å². The van der Waals surface area contributed by atoms with E-state index in [9.17, 15) is 14.7 Å². The predicted octanol–water partition coefficient (Wildman–Crippen LogP) is 2.30. The Kier molecular flexibility index (Phi) is 3.93. The van der Waals surface area contributed by atoms with Crippen LogP contribution in [-0.4, -0.2) is 33.7 Å². The molecule has 2 aliphatic heterocycles. The molecular weight excluding hydrogens is 286 g/mol. The number of carboxylic acids is 1. The van der Waals surface area contributed by atoms with Crippen LogP contribution < -0.4 is 0 Å². The van der Waals surface area contributed by atoms with Crippen LogP contribution in [0.3, 0.4) is 0 Å². The van der Waals surface area contributed by atoms with E-state index in [-0.39, 0.29) is 17.9 Å². The lowest BCUT2D eigenvalue weighted by Gasteiger charge is -2.40. The Balaban J connectivity index is 2.10. The average molecular weight is 305 g/mol. The van der Waals surface area contributed by atoms with E-state index >= 15 is 0 Å². The summed E-state index contributed by atoms with van der Waals surface area (Å²) in [5.41, 5.74) is 2.27. The maximum atomic E-state index is 12.8. The Bertz CT molecular complexity index is 574. The van der Waals surface area contributed by atoms with Crippen molar-refractivity contribution in [2.45, 2.75) is 37.8 Å². The van der Waals surface area contributed by atoms with Crippen LogP contribution in [0.1, 0.15) is 36.4 Å². The van der Waals surface area contributed by atoms with Crippen molar-refractivity contribution in [3.8, 4) is 0 Å². The van der Waals surface area contributed by atoms with Gasteiger partial charge in [0.1, 0.15) is 6.04 Å². The van der Waals surface area contributed by atoms with Gasteiger partial charge in [-0.15, -0.1) is 0 Å². The quantitative estimate of drug-likeness (QED) is 0.824. The molecule has 0 aliphatic carbocycles. The van der Waals surface area contributed by atoms with Gasteiger partial charge in [-0.1, -0.05) is 24.3 Å². The van der Waals surface area contributed by atoms with Crippen LogP contribution in [0, 0.1) is 5.92 Å². The molecule has 112 valence electrons. The Morgan fingerprint density at radius 2 is 2.10 bits per heavy atom. The van der Waals surface area contributed by atoms with E-state index in [2.05, 4.69) is 12.6 Å². The fourth-order valence-electron chi connectivity index (χ4n) is 3.61. The van der Waals surface area contributed by atoms with Crippen molar-refractivity contribution in [2.24, 2.45) is 5.92 Å². The van der Waals surface area contributed by atoms with E-state index in [0.29, 0.717) is 18.6 Å². The lowest BCUT2D eigenvalue weighted by Crippen LogP contribution is -2.51. The van der Waals surface area contributed by atoms with E-state index < -0.39 is 12.0 Å². The number of carboxylic acid groups (broad SMARTS) is 1. The zero-order valence-corrected chi connectivity index (χ0v) is 12.6. The first kappa shape index (κ1) is 14.4. The van der Waals surface area contributed by atoms with Crippen molar-refractivity contribution in [2.75, 3.05) is 5.75 Å². The fraction of sp³-hybridized carbons (Fsp3) is 0.500. The molecule has 2 heterocycles. The Morgan fingerprint density at radius 1 is 1.33 bits per heavy atom. The standard InChI is InChI=1S/C16H19NO3S/c18-15-11(9-21)8-10-4-1-2-5-12(10)13-6-3-7-14(16(19)20)17(13)15/h1-2,4-5,11,13-14,21H,3,6-9H2,(H,19,20)/t11?,13?,14-/m0/s1. The molecule has 1 N–H and O–H groups in total. The van der Waals surface area contributed by atoms with Crippen molar-refractivity contribution >= 4 is 24.5 Å². The van der Waals surface area contributed by atoms with Crippen LogP contribution in [0.5, 0.6) is 0 Å². The number of carbonyl (C=O) groups is 2. The highest BCUT2D eigenvalue weighted by atomic mass is 32.1. The molecule has 1 fully saturated rings. The predicted molar refractivity (Wildman–Crippen MR) is 82.4 cm³/mol. The number of carbonyl (C=O) groups excluding carboxylic acids is 1. The number of nitrogens with zero attached hydrogens (tertiary/aromatic N) is 1. The summed E-state index contributed by atoms with van der Waals surface area (Å²) in [6, 6.07) is 7.22. The Morgan fingerprint density at radius 3 is 2.81 bits per heavy atom. The summed E-state index contributed by atoms with van der Waals surface area (Å²) in [6.45, 7) is 0. The Hall–Kier alpha value is -1.49. The first-order chi connectivity index (χ1) is 10.1. The molecule has 0 bridgehead atoms. The monoisotopic (exact) mass is 305 g/mol. The lowest BCUT2D eigenvalue weighted by molar-refractivity contribution is -0.156. The second-order valence-corrected chi connectivity index (χ2v) is 6.19. The van der Waals surface area contributed by atoms with Gasteiger partial charge in [0.15, 0.2) is 0 Å². The molecule has 1 saturated heterocycles. The molecule has 3 rings (SSSR count). The topological polar surface area (TPSA) is 57.6 Å². The number of rotatable bonds is 2. The molecule has 1 aromatic carbocycles. The third-order valence-electron chi connectivity index (χ3n) is 4.62. The van der Waals surface area contributed by atoms with E-state index in [4.69, 9.17) is 0 Å². The molecule has 2 unspecified atom stereocenters. The van der Waals surface area contributed by atoms with Crippen LogP contribution in [0.2, 0.25) is 0 Å². The lowest BCUT2D eigenvalue weighted by atomic mass is 9.89. The number of piperidine rings is 1. The molecule has 1 aromatic rings. The van der Waals surface area contributed by atoms with E-state index in [1.807, 2.05) is 24.3 Å². The zero-order chi connectivity index (χ0) is 15.0. The molecule has 0 radical (unpaired) electrons. The maximum Gasteiger partial charge on any atom is 0.326 e. The van der Waals surface area contributed by atoms with Crippen molar-refractivity contribution in [3.63, 3.8) is 0 Å².